The molecule has 0 bridgehead atoms. The Morgan fingerprint density at radius 1 is 1.17 bits per heavy atom. The Hall–Kier alpha value is -4.87. The molecule has 2 aromatic heterocycles. The fourth-order valence-corrected chi connectivity index (χ4v) is 4.63. The second-order valence-electron chi connectivity index (χ2n) is 8.72. The minimum atomic E-state index is -0.680. The molecular weight excluding hydrogens is 464 g/mol. The maximum Gasteiger partial charge on any atom is 0.273 e. The maximum atomic E-state index is 13.1. The molecule has 36 heavy (non-hydrogen) atoms. The van der Waals surface area contributed by atoms with Gasteiger partial charge in [0.1, 0.15) is 6.04 Å². The van der Waals surface area contributed by atoms with Crippen molar-refractivity contribution in [3.63, 3.8) is 0 Å². The summed E-state index contributed by atoms with van der Waals surface area (Å²) >= 11 is 0. The molecule has 2 aliphatic heterocycles. The van der Waals surface area contributed by atoms with E-state index in [0.29, 0.717) is 24.2 Å². The van der Waals surface area contributed by atoms with E-state index in [1.165, 1.54) is 15.8 Å². The summed E-state index contributed by atoms with van der Waals surface area (Å²) in [5.41, 5.74) is 3.72. The van der Waals surface area contributed by atoms with Gasteiger partial charge >= 0.3 is 0 Å². The van der Waals surface area contributed by atoms with Crippen LogP contribution in [0.2, 0.25) is 0 Å². The molecule has 1 atom stereocenters. The van der Waals surface area contributed by atoms with Crippen molar-refractivity contribution in [2.24, 2.45) is 0 Å². The summed E-state index contributed by atoms with van der Waals surface area (Å²) in [5.74, 6) is -1.45. The van der Waals surface area contributed by atoms with Crippen LogP contribution in [0.15, 0.2) is 48.8 Å². The van der Waals surface area contributed by atoms with Crippen LogP contribution in [0.25, 0.3) is 16.6 Å². The molecule has 4 amide bonds. The number of nitrogens with one attached hydrogen (secondary N) is 3. The number of aromatic amines is 1. The number of hydrogen-bond donors (Lipinski definition) is 3. The molecule has 4 heterocycles. The summed E-state index contributed by atoms with van der Waals surface area (Å²) in [7, 11) is 0. The minimum Gasteiger partial charge on any atom is -0.346 e. The zero-order chi connectivity index (χ0) is 24.8. The highest BCUT2D eigenvalue weighted by Gasteiger charge is 2.39. The van der Waals surface area contributed by atoms with Gasteiger partial charge in [0, 0.05) is 30.5 Å². The van der Waals surface area contributed by atoms with Crippen molar-refractivity contribution in [3.8, 4) is 5.69 Å². The van der Waals surface area contributed by atoms with Crippen molar-refractivity contribution in [1.29, 1.82) is 0 Å². The Bertz CT molecular complexity index is 1550. The molecule has 12 heteroatoms. The van der Waals surface area contributed by atoms with E-state index in [2.05, 4.69) is 31.1 Å². The van der Waals surface area contributed by atoms with E-state index < -0.39 is 11.9 Å². The summed E-state index contributed by atoms with van der Waals surface area (Å²) in [6.07, 6.45) is 3.70. The molecular formula is C24H20N8O4. The van der Waals surface area contributed by atoms with Crippen LogP contribution < -0.4 is 10.6 Å². The van der Waals surface area contributed by atoms with Gasteiger partial charge in [0.2, 0.25) is 11.8 Å². The highest BCUT2D eigenvalue weighted by Crippen LogP contribution is 2.29. The van der Waals surface area contributed by atoms with Crippen LogP contribution in [-0.2, 0) is 22.7 Å². The SMILES string of the molecule is O=C1CCC(N2Cc3ccc(-n4cc(C(=O)NCc5cccc6[nH]ncc56)nn4)cc3C2=O)C(=O)N1. The number of benzene rings is 2. The fourth-order valence-electron chi connectivity index (χ4n) is 4.63. The van der Waals surface area contributed by atoms with Gasteiger partial charge in [-0.2, -0.15) is 5.10 Å². The predicted molar refractivity (Wildman–Crippen MR) is 125 cm³/mol. The van der Waals surface area contributed by atoms with Crippen LogP contribution >= 0.6 is 0 Å². The molecule has 3 N–H and O–H groups in total. The van der Waals surface area contributed by atoms with Gasteiger partial charge in [-0.05, 0) is 35.7 Å². The molecule has 1 saturated heterocycles. The number of amides is 4. The normalized spacial score (nSPS) is 17.4. The highest BCUT2D eigenvalue weighted by atomic mass is 16.2. The fraction of sp³-hybridized carbons (Fsp3) is 0.208. The first-order valence-corrected chi connectivity index (χ1v) is 11.4. The molecule has 1 unspecified atom stereocenters. The molecule has 6 rings (SSSR count). The zero-order valence-electron chi connectivity index (χ0n) is 18.9. The van der Waals surface area contributed by atoms with Crippen molar-refractivity contribution in [1.82, 2.24) is 40.7 Å². The van der Waals surface area contributed by atoms with Crippen LogP contribution in [0.3, 0.4) is 0 Å². The number of aromatic nitrogens is 5. The van der Waals surface area contributed by atoms with Gasteiger partial charge in [-0.3, -0.25) is 29.6 Å². The van der Waals surface area contributed by atoms with E-state index in [0.717, 1.165) is 22.0 Å². The third-order valence-corrected chi connectivity index (χ3v) is 6.52. The molecule has 0 radical (unpaired) electrons. The standard InChI is InChI=1S/C24H20N8O4/c33-21-7-6-20(23(35)27-21)31-11-14-4-5-15(8-16(14)24(31)36)32-12-19(29-30-32)22(34)25-9-13-2-1-3-18-17(13)10-26-28-18/h1-5,8,10,12,20H,6-7,9,11H2,(H,25,34)(H,26,28)(H,27,33,35). The van der Waals surface area contributed by atoms with E-state index in [9.17, 15) is 19.2 Å². The number of carbonyl (C=O) groups is 4. The van der Waals surface area contributed by atoms with Gasteiger partial charge in [0.05, 0.1) is 23.6 Å². The van der Waals surface area contributed by atoms with Crippen LogP contribution in [0, 0.1) is 0 Å². The van der Waals surface area contributed by atoms with Crippen LogP contribution in [0.4, 0.5) is 0 Å². The lowest BCUT2D eigenvalue weighted by atomic mass is 10.0. The number of piperidine rings is 1. The van der Waals surface area contributed by atoms with Crippen LogP contribution in [0.1, 0.15) is 44.8 Å². The smallest absolute Gasteiger partial charge is 0.273 e. The van der Waals surface area contributed by atoms with E-state index >= 15 is 0 Å². The molecule has 0 saturated carbocycles. The number of imide groups is 1. The Balaban J connectivity index is 1.16. The molecule has 2 aliphatic rings. The second-order valence-corrected chi connectivity index (χ2v) is 8.72. The van der Waals surface area contributed by atoms with Gasteiger partial charge in [-0.1, -0.05) is 23.4 Å². The number of hydrogen-bond acceptors (Lipinski definition) is 7. The van der Waals surface area contributed by atoms with Crippen molar-refractivity contribution in [3.05, 3.63) is 71.2 Å². The lowest BCUT2D eigenvalue weighted by Crippen LogP contribution is -2.52. The number of carbonyl (C=O) groups excluding carboxylic acids is 4. The summed E-state index contributed by atoms with van der Waals surface area (Å²) in [6.45, 7) is 0.585. The lowest BCUT2D eigenvalue weighted by Gasteiger charge is -2.29. The Morgan fingerprint density at radius 2 is 2.06 bits per heavy atom. The Kier molecular flexibility index (Phi) is 5.06. The largest absolute Gasteiger partial charge is 0.346 e. The minimum absolute atomic E-state index is 0.131. The molecule has 4 aromatic rings. The van der Waals surface area contributed by atoms with E-state index in [4.69, 9.17) is 0 Å². The van der Waals surface area contributed by atoms with E-state index in [-0.39, 0.29) is 36.4 Å². The lowest BCUT2D eigenvalue weighted by molar-refractivity contribution is -0.136. The van der Waals surface area contributed by atoms with Gasteiger partial charge < -0.3 is 10.2 Å². The maximum absolute atomic E-state index is 13.1. The topological polar surface area (TPSA) is 155 Å². The monoisotopic (exact) mass is 484 g/mol. The van der Waals surface area contributed by atoms with E-state index in [1.54, 1.807) is 24.4 Å². The first-order valence-electron chi connectivity index (χ1n) is 11.4. The van der Waals surface area contributed by atoms with E-state index in [1.807, 2.05) is 18.2 Å². The molecule has 1 fully saturated rings. The number of rotatable bonds is 5. The summed E-state index contributed by atoms with van der Waals surface area (Å²) < 4.78 is 1.42. The Labute approximate surface area is 203 Å². The third kappa shape index (κ3) is 3.68. The summed E-state index contributed by atoms with van der Waals surface area (Å²) in [4.78, 5) is 50.9. The molecule has 12 nitrogen and oxygen atoms in total. The molecule has 0 spiro atoms. The average Bonchev–Trinajstić information content (AvgIpc) is 3.62. The Morgan fingerprint density at radius 3 is 2.92 bits per heavy atom. The number of H-pyrrole nitrogens is 1. The van der Waals surface area contributed by atoms with Crippen molar-refractivity contribution >= 4 is 34.5 Å². The van der Waals surface area contributed by atoms with Crippen LogP contribution in [0.5, 0.6) is 0 Å². The summed E-state index contributed by atoms with van der Waals surface area (Å²) in [6, 6.07) is 10.3. The van der Waals surface area contributed by atoms with Gasteiger partial charge in [-0.25, -0.2) is 4.68 Å². The first-order chi connectivity index (χ1) is 17.5. The third-order valence-electron chi connectivity index (χ3n) is 6.52. The van der Waals surface area contributed by atoms with Gasteiger partial charge in [-0.15, -0.1) is 5.10 Å². The van der Waals surface area contributed by atoms with Gasteiger partial charge in [0.25, 0.3) is 11.8 Å². The molecule has 180 valence electrons. The molecule has 2 aromatic carbocycles. The average molecular weight is 484 g/mol. The van der Waals surface area contributed by atoms with Crippen molar-refractivity contribution in [2.75, 3.05) is 0 Å². The van der Waals surface area contributed by atoms with Crippen molar-refractivity contribution in [2.45, 2.75) is 32.0 Å². The number of fused-ring (bicyclic) bond motifs is 2. The van der Waals surface area contributed by atoms with Crippen LogP contribution in [-0.4, -0.2) is 59.8 Å². The predicted octanol–water partition coefficient (Wildman–Crippen LogP) is 0.835. The van der Waals surface area contributed by atoms with Gasteiger partial charge in [0.15, 0.2) is 5.69 Å². The first kappa shape index (κ1) is 21.6. The molecule has 0 aliphatic carbocycles. The van der Waals surface area contributed by atoms with Crippen molar-refractivity contribution < 1.29 is 19.2 Å². The highest BCUT2D eigenvalue weighted by molar-refractivity contribution is 6.05. The number of nitrogens with zero attached hydrogens (tertiary/aromatic N) is 5. The quantitative estimate of drug-likeness (QED) is 0.355. The second kappa shape index (κ2) is 8.41. The summed E-state index contributed by atoms with van der Waals surface area (Å²) in [5, 5.41) is 21.0. The zero-order valence-corrected chi connectivity index (χ0v) is 18.9.